The first-order valence-electron chi connectivity index (χ1n) is 5.25. The Labute approximate surface area is 102 Å². The molecule has 0 radical (unpaired) electrons. The fourth-order valence-electron chi connectivity index (χ4n) is 1.89. The second kappa shape index (κ2) is 4.49. The molecule has 1 unspecified atom stereocenters. The Hall–Kier alpha value is -1.75. The van der Waals surface area contributed by atoms with Crippen molar-refractivity contribution in [2.75, 3.05) is 7.11 Å². The second-order valence-electron chi connectivity index (χ2n) is 3.85. The zero-order valence-corrected chi connectivity index (χ0v) is 9.53. The molecule has 2 aromatic carbocycles. The van der Waals surface area contributed by atoms with Crippen LogP contribution in [0.4, 0.5) is 13.2 Å². The van der Waals surface area contributed by atoms with Crippen molar-refractivity contribution in [2.45, 2.75) is 12.3 Å². The minimum absolute atomic E-state index is 0.168. The molecule has 0 bridgehead atoms. The topological polar surface area (TPSA) is 29.5 Å². The minimum atomic E-state index is -4.68. The molecule has 96 valence electrons. The fourth-order valence-corrected chi connectivity index (χ4v) is 1.89. The third-order valence-corrected chi connectivity index (χ3v) is 2.74. The van der Waals surface area contributed by atoms with Crippen molar-refractivity contribution in [3.8, 4) is 5.75 Å². The van der Waals surface area contributed by atoms with E-state index in [-0.39, 0.29) is 5.56 Å². The first kappa shape index (κ1) is 12.7. The van der Waals surface area contributed by atoms with Gasteiger partial charge in [0.05, 0.1) is 7.11 Å². The van der Waals surface area contributed by atoms with Crippen molar-refractivity contribution >= 4 is 10.8 Å². The van der Waals surface area contributed by atoms with Gasteiger partial charge in [0.25, 0.3) is 0 Å². The molecule has 2 rings (SSSR count). The van der Waals surface area contributed by atoms with Crippen LogP contribution >= 0.6 is 0 Å². The molecule has 1 N–H and O–H groups in total. The van der Waals surface area contributed by atoms with Gasteiger partial charge in [0, 0.05) is 5.39 Å². The zero-order valence-electron chi connectivity index (χ0n) is 9.53. The van der Waals surface area contributed by atoms with Crippen molar-refractivity contribution in [1.29, 1.82) is 0 Å². The Kier molecular flexibility index (Phi) is 3.17. The van der Waals surface area contributed by atoms with Gasteiger partial charge in [0.15, 0.2) is 6.10 Å². The van der Waals surface area contributed by atoms with Crippen LogP contribution in [0.25, 0.3) is 10.8 Å². The number of halogens is 3. The SMILES string of the molecule is COc1ccc(C(O)C(F)(F)F)c2ccccc12. The molecular formula is C13H11F3O2. The summed E-state index contributed by atoms with van der Waals surface area (Å²) in [5.74, 6) is 0.476. The van der Waals surface area contributed by atoms with E-state index in [1.165, 1.54) is 25.3 Å². The molecule has 0 amide bonds. The standard InChI is InChI=1S/C13H11F3O2/c1-18-11-7-6-10(12(17)13(14,15)16)8-4-2-3-5-9(8)11/h2-7,12,17H,1H3. The van der Waals surface area contributed by atoms with Crippen LogP contribution in [0.15, 0.2) is 36.4 Å². The number of hydrogen-bond acceptors (Lipinski definition) is 2. The Morgan fingerprint density at radius 3 is 2.22 bits per heavy atom. The Balaban J connectivity index is 2.67. The van der Waals surface area contributed by atoms with Crippen LogP contribution in [-0.4, -0.2) is 18.4 Å². The van der Waals surface area contributed by atoms with E-state index in [4.69, 9.17) is 4.74 Å². The summed E-state index contributed by atoms with van der Waals surface area (Å²) in [6.07, 6.45) is -7.18. The highest BCUT2D eigenvalue weighted by molar-refractivity contribution is 5.91. The average molecular weight is 256 g/mol. The normalized spacial score (nSPS) is 13.6. The van der Waals surface area contributed by atoms with E-state index in [1.54, 1.807) is 18.2 Å². The molecule has 0 spiro atoms. The first-order chi connectivity index (χ1) is 8.45. The van der Waals surface area contributed by atoms with Gasteiger partial charge in [0.2, 0.25) is 0 Å². The molecule has 0 aliphatic heterocycles. The molecular weight excluding hydrogens is 245 g/mol. The van der Waals surface area contributed by atoms with Gasteiger partial charge >= 0.3 is 6.18 Å². The highest BCUT2D eigenvalue weighted by Gasteiger charge is 2.40. The lowest BCUT2D eigenvalue weighted by Gasteiger charge is -2.17. The third-order valence-electron chi connectivity index (χ3n) is 2.74. The molecule has 0 saturated carbocycles. The number of aliphatic hydroxyl groups excluding tert-OH is 1. The number of rotatable bonds is 2. The molecule has 2 nitrogen and oxygen atoms in total. The molecule has 0 aromatic heterocycles. The smallest absolute Gasteiger partial charge is 0.418 e. The number of hydrogen-bond donors (Lipinski definition) is 1. The maximum absolute atomic E-state index is 12.6. The lowest BCUT2D eigenvalue weighted by molar-refractivity contribution is -0.206. The number of aliphatic hydroxyl groups is 1. The van der Waals surface area contributed by atoms with Crippen molar-refractivity contribution in [3.63, 3.8) is 0 Å². The number of methoxy groups -OCH3 is 1. The molecule has 0 aliphatic rings. The van der Waals surface area contributed by atoms with E-state index in [0.29, 0.717) is 16.5 Å². The largest absolute Gasteiger partial charge is 0.496 e. The van der Waals surface area contributed by atoms with Crippen molar-refractivity contribution in [3.05, 3.63) is 42.0 Å². The summed E-state index contributed by atoms with van der Waals surface area (Å²) in [5.41, 5.74) is -0.168. The van der Waals surface area contributed by atoms with Gasteiger partial charge in [-0.05, 0) is 17.0 Å². The maximum atomic E-state index is 12.6. The van der Waals surface area contributed by atoms with Gasteiger partial charge in [-0.1, -0.05) is 30.3 Å². The lowest BCUT2D eigenvalue weighted by Crippen LogP contribution is -2.20. The monoisotopic (exact) mass is 256 g/mol. The van der Waals surface area contributed by atoms with Crippen molar-refractivity contribution in [2.24, 2.45) is 0 Å². The summed E-state index contributed by atoms with van der Waals surface area (Å²) in [6.45, 7) is 0. The van der Waals surface area contributed by atoms with E-state index >= 15 is 0 Å². The Bertz CT molecular complexity index is 564. The number of benzene rings is 2. The molecule has 2 aromatic rings. The van der Waals surface area contributed by atoms with Crippen LogP contribution < -0.4 is 4.74 Å². The van der Waals surface area contributed by atoms with Crippen LogP contribution in [-0.2, 0) is 0 Å². The van der Waals surface area contributed by atoms with E-state index in [1.807, 2.05) is 0 Å². The minimum Gasteiger partial charge on any atom is -0.496 e. The summed E-state index contributed by atoms with van der Waals surface area (Å²) in [4.78, 5) is 0. The van der Waals surface area contributed by atoms with Gasteiger partial charge < -0.3 is 9.84 Å². The predicted octanol–water partition coefficient (Wildman–Crippen LogP) is 3.44. The summed E-state index contributed by atoms with van der Waals surface area (Å²) in [5, 5.41) is 10.2. The number of fused-ring (bicyclic) bond motifs is 1. The second-order valence-corrected chi connectivity index (χ2v) is 3.85. The van der Waals surface area contributed by atoms with Crippen molar-refractivity contribution in [1.82, 2.24) is 0 Å². The first-order valence-corrected chi connectivity index (χ1v) is 5.25. The summed E-state index contributed by atoms with van der Waals surface area (Å²) < 4.78 is 42.8. The molecule has 0 aliphatic carbocycles. The van der Waals surface area contributed by atoms with Gasteiger partial charge in [0.1, 0.15) is 5.75 Å². The third kappa shape index (κ3) is 2.13. The zero-order chi connectivity index (χ0) is 13.3. The van der Waals surface area contributed by atoms with Crippen LogP contribution in [0.3, 0.4) is 0 Å². The number of alkyl halides is 3. The van der Waals surface area contributed by atoms with E-state index < -0.39 is 12.3 Å². The quantitative estimate of drug-likeness (QED) is 0.891. The molecule has 18 heavy (non-hydrogen) atoms. The van der Waals surface area contributed by atoms with Gasteiger partial charge in [-0.2, -0.15) is 13.2 Å². The average Bonchev–Trinajstić information content (AvgIpc) is 2.35. The number of ether oxygens (including phenoxy) is 1. The van der Waals surface area contributed by atoms with E-state index in [2.05, 4.69) is 0 Å². The summed E-state index contributed by atoms with van der Waals surface area (Å²) >= 11 is 0. The highest BCUT2D eigenvalue weighted by Crippen LogP contribution is 2.38. The molecule has 5 heteroatoms. The Morgan fingerprint density at radius 2 is 1.67 bits per heavy atom. The van der Waals surface area contributed by atoms with Gasteiger partial charge in [-0.15, -0.1) is 0 Å². The van der Waals surface area contributed by atoms with Crippen LogP contribution in [0.5, 0.6) is 5.75 Å². The molecule has 1 atom stereocenters. The molecule has 0 saturated heterocycles. The Morgan fingerprint density at radius 1 is 1.06 bits per heavy atom. The molecule has 0 heterocycles. The predicted molar refractivity (Wildman–Crippen MR) is 61.5 cm³/mol. The van der Waals surface area contributed by atoms with Crippen molar-refractivity contribution < 1.29 is 23.0 Å². The molecule has 0 fully saturated rings. The van der Waals surface area contributed by atoms with Crippen LogP contribution in [0.1, 0.15) is 11.7 Å². The van der Waals surface area contributed by atoms with Crippen LogP contribution in [0, 0.1) is 0 Å². The maximum Gasteiger partial charge on any atom is 0.418 e. The summed E-state index contributed by atoms with van der Waals surface area (Å²) in [6, 6.07) is 9.16. The lowest BCUT2D eigenvalue weighted by atomic mass is 9.99. The van der Waals surface area contributed by atoms with Crippen LogP contribution in [0.2, 0.25) is 0 Å². The fraction of sp³-hybridized carbons (Fsp3) is 0.231. The van der Waals surface area contributed by atoms with Gasteiger partial charge in [-0.25, -0.2) is 0 Å². The highest BCUT2D eigenvalue weighted by atomic mass is 19.4. The van der Waals surface area contributed by atoms with E-state index in [0.717, 1.165) is 0 Å². The van der Waals surface area contributed by atoms with Gasteiger partial charge in [-0.3, -0.25) is 0 Å². The summed E-state index contributed by atoms with van der Waals surface area (Å²) in [7, 11) is 1.45. The van der Waals surface area contributed by atoms with E-state index in [9.17, 15) is 18.3 Å².